The number of phenols is 1. The lowest BCUT2D eigenvalue weighted by atomic mass is 9.78. The average molecular weight is 381 g/mol. The van der Waals surface area contributed by atoms with Gasteiger partial charge in [-0.25, -0.2) is 4.98 Å². The molecule has 4 heteroatoms. The molecular formula is C23H28N2OS. The maximum atomic E-state index is 10.9. The predicted molar refractivity (Wildman–Crippen MR) is 116 cm³/mol. The number of nitrogens with zero attached hydrogens (tertiary/aromatic N) is 1. The minimum absolute atomic E-state index is 0.152. The van der Waals surface area contributed by atoms with Crippen LogP contribution >= 0.6 is 11.3 Å². The number of hydrogen-bond donors (Lipinski definition) is 2. The summed E-state index contributed by atoms with van der Waals surface area (Å²) in [4.78, 5) is 4.78. The first-order valence-electron chi connectivity index (χ1n) is 9.21. The van der Waals surface area contributed by atoms with Gasteiger partial charge in [0.05, 0.1) is 5.69 Å². The van der Waals surface area contributed by atoms with Crippen LogP contribution in [0.15, 0.2) is 47.8 Å². The van der Waals surface area contributed by atoms with E-state index in [0.717, 1.165) is 33.2 Å². The van der Waals surface area contributed by atoms with Gasteiger partial charge in [-0.3, -0.25) is 0 Å². The van der Waals surface area contributed by atoms with Crippen molar-refractivity contribution in [3.05, 3.63) is 59.0 Å². The monoisotopic (exact) mass is 380 g/mol. The number of anilines is 2. The lowest BCUT2D eigenvalue weighted by molar-refractivity contribution is 0.423. The van der Waals surface area contributed by atoms with Crippen molar-refractivity contribution in [2.45, 2.75) is 52.4 Å². The summed E-state index contributed by atoms with van der Waals surface area (Å²) in [6.07, 6.45) is 0. The Kier molecular flexibility index (Phi) is 5.04. The molecule has 0 spiro atoms. The largest absolute Gasteiger partial charge is 0.507 e. The van der Waals surface area contributed by atoms with Gasteiger partial charge in [0, 0.05) is 27.8 Å². The maximum absolute atomic E-state index is 10.9. The molecule has 1 heterocycles. The maximum Gasteiger partial charge on any atom is 0.187 e. The van der Waals surface area contributed by atoms with Crippen LogP contribution in [0.3, 0.4) is 0 Å². The molecule has 0 radical (unpaired) electrons. The topological polar surface area (TPSA) is 45.2 Å². The zero-order valence-electron chi connectivity index (χ0n) is 16.9. The molecule has 3 nitrogen and oxygen atoms in total. The average Bonchev–Trinajstić information content (AvgIpc) is 3.02. The summed E-state index contributed by atoms with van der Waals surface area (Å²) in [6.45, 7) is 12.8. The highest BCUT2D eigenvalue weighted by Gasteiger charge is 2.27. The minimum atomic E-state index is -0.152. The summed E-state index contributed by atoms with van der Waals surface area (Å²) in [7, 11) is 0. The molecule has 0 aliphatic heterocycles. The normalized spacial score (nSPS) is 12.2. The molecule has 0 aliphatic carbocycles. The Morgan fingerprint density at radius 1 is 0.889 bits per heavy atom. The first-order chi connectivity index (χ1) is 12.6. The zero-order chi connectivity index (χ0) is 19.8. The van der Waals surface area contributed by atoms with Crippen LogP contribution in [0.4, 0.5) is 10.8 Å². The summed E-state index contributed by atoms with van der Waals surface area (Å²) in [6, 6.07) is 14.2. The molecular weight excluding hydrogens is 352 g/mol. The van der Waals surface area contributed by atoms with Gasteiger partial charge in [-0.05, 0) is 35.1 Å². The molecule has 0 amide bonds. The minimum Gasteiger partial charge on any atom is -0.507 e. The molecule has 2 aromatic carbocycles. The van der Waals surface area contributed by atoms with Crippen LogP contribution in [-0.4, -0.2) is 10.1 Å². The van der Waals surface area contributed by atoms with Gasteiger partial charge in [0.25, 0.3) is 0 Å². The van der Waals surface area contributed by atoms with Gasteiger partial charge in [-0.2, -0.15) is 0 Å². The Hall–Kier alpha value is -2.33. The zero-order valence-corrected chi connectivity index (χ0v) is 17.7. The van der Waals surface area contributed by atoms with E-state index in [0.29, 0.717) is 5.75 Å². The number of benzene rings is 2. The number of nitrogens with one attached hydrogen (secondary N) is 1. The summed E-state index contributed by atoms with van der Waals surface area (Å²) in [5.41, 5.74) is 4.60. The molecule has 3 aromatic rings. The fourth-order valence-electron chi connectivity index (χ4n) is 3.03. The number of rotatable bonds is 3. The quantitative estimate of drug-likeness (QED) is 0.522. The Morgan fingerprint density at radius 2 is 1.44 bits per heavy atom. The first kappa shape index (κ1) is 19.4. The molecule has 0 bridgehead atoms. The van der Waals surface area contributed by atoms with Crippen molar-refractivity contribution in [1.29, 1.82) is 0 Å². The van der Waals surface area contributed by atoms with Crippen molar-refractivity contribution in [1.82, 2.24) is 4.98 Å². The molecule has 142 valence electrons. The molecule has 0 saturated heterocycles. The summed E-state index contributed by atoms with van der Waals surface area (Å²) in [5, 5.41) is 17.2. The van der Waals surface area contributed by atoms with Crippen LogP contribution < -0.4 is 5.32 Å². The highest BCUT2D eigenvalue weighted by molar-refractivity contribution is 7.14. The molecule has 27 heavy (non-hydrogen) atoms. The van der Waals surface area contributed by atoms with E-state index in [4.69, 9.17) is 4.98 Å². The van der Waals surface area contributed by atoms with E-state index >= 15 is 0 Å². The highest BCUT2D eigenvalue weighted by Crippen LogP contribution is 2.42. The molecule has 0 saturated carbocycles. The second-order valence-corrected chi connectivity index (χ2v) is 9.81. The Morgan fingerprint density at radius 3 is 1.96 bits per heavy atom. The number of hydrogen-bond acceptors (Lipinski definition) is 4. The van der Waals surface area contributed by atoms with E-state index in [1.165, 1.54) is 0 Å². The Bertz CT molecular complexity index is 896. The van der Waals surface area contributed by atoms with Gasteiger partial charge >= 0.3 is 0 Å². The molecule has 0 unspecified atom stereocenters. The van der Waals surface area contributed by atoms with Gasteiger partial charge in [-0.1, -0.05) is 59.7 Å². The summed E-state index contributed by atoms with van der Waals surface area (Å²) in [5.74, 6) is 0.400. The lowest BCUT2D eigenvalue weighted by Gasteiger charge is -2.28. The van der Waals surface area contributed by atoms with Gasteiger partial charge < -0.3 is 10.4 Å². The molecule has 3 rings (SSSR count). The summed E-state index contributed by atoms with van der Waals surface area (Å²) < 4.78 is 0. The van der Waals surface area contributed by atoms with Crippen molar-refractivity contribution in [3.8, 4) is 17.0 Å². The van der Waals surface area contributed by atoms with E-state index in [1.807, 2.05) is 30.3 Å². The van der Waals surface area contributed by atoms with Crippen molar-refractivity contribution < 1.29 is 5.11 Å². The fraction of sp³-hybridized carbons (Fsp3) is 0.348. The highest BCUT2D eigenvalue weighted by atomic mass is 32.1. The van der Waals surface area contributed by atoms with Crippen LogP contribution in [0.1, 0.15) is 52.7 Å². The van der Waals surface area contributed by atoms with Crippen LogP contribution in [0.2, 0.25) is 0 Å². The second-order valence-electron chi connectivity index (χ2n) is 8.95. The first-order valence-corrected chi connectivity index (χ1v) is 10.1. The van der Waals surface area contributed by atoms with Crippen LogP contribution in [0.5, 0.6) is 5.75 Å². The summed E-state index contributed by atoms with van der Waals surface area (Å²) >= 11 is 1.59. The van der Waals surface area contributed by atoms with Crippen molar-refractivity contribution in [3.63, 3.8) is 0 Å². The number of para-hydroxylation sites is 1. The Balaban J connectivity index is 2.04. The lowest BCUT2D eigenvalue weighted by Crippen LogP contribution is -2.17. The van der Waals surface area contributed by atoms with E-state index in [1.54, 1.807) is 11.3 Å². The van der Waals surface area contributed by atoms with Crippen molar-refractivity contribution >= 4 is 22.2 Å². The second kappa shape index (κ2) is 7.01. The number of phenolic OH excluding ortho intramolecular Hbond substituents is 1. The number of thiazole rings is 1. The smallest absolute Gasteiger partial charge is 0.187 e. The third-order valence-electron chi connectivity index (χ3n) is 4.55. The van der Waals surface area contributed by atoms with Crippen molar-refractivity contribution in [2.75, 3.05) is 5.32 Å². The number of aromatic hydroxyl groups is 1. The van der Waals surface area contributed by atoms with Gasteiger partial charge in [-0.15, -0.1) is 11.3 Å². The third-order valence-corrected chi connectivity index (χ3v) is 5.31. The van der Waals surface area contributed by atoms with E-state index in [-0.39, 0.29) is 10.8 Å². The molecule has 0 atom stereocenters. The molecule has 0 fully saturated rings. The third kappa shape index (κ3) is 4.33. The van der Waals surface area contributed by atoms with Crippen LogP contribution in [0, 0.1) is 0 Å². The SMILES string of the molecule is CC(C)(C)c1cc(-c2csc(Nc3ccccc3)n2)cc(C(C)(C)C)c1O. The van der Waals surface area contributed by atoms with E-state index < -0.39 is 0 Å². The van der Waals surface area contributed by atoms with Gasteiger partial charge in [0.1, 0.15) is 5.75 Å². The predicted octanol–water partition coefficient (Wildman–Crippen LogP) is 6.85. The fourth-order valence-corrected chi connectivity index (χ4v) is 3.77. The molecule has 0 aliphatic rings. The number of aromatic nitrogens is 1. The Labute approximate surface area is 166 Å². The van der Waals surface area contributed by atoms with Gasteiger partial charge in [0.2, 0.25) is 0 Å². The van der Waals surface area contributed by atoms with Crippen LogP contribution in [0.25, 0.3) is 11.3 Å². The van der Waals surface area contributed by atoms with Crippen LogP contribution in [-0.2, 0) is 10.8 Å². The van der Waals surface area contributed by atoms with Crippen molar-refractivity contribution in [2.24, 2.45) is 0 Å². The van der Waals surface area contributed by atoms with Gasteiger partial charge in [0.15, 0.2) is 5.13 Å². The molecule has 2 N–H and O–H groups in total. The standard InChI is InChI=1S/C23H28N2OS/c1-22(2,3)17-12-15(13-18(20(17)26)23(4,5)6)19-14-27-21(25-19)24-16-10-8-7-9-11-16/h7-14,26H,1-6H3,(H,24,25). The van der Waals surface area contributed by atoms with E-state index in [9.17, 15) is 5.11 Å². The molecule has 1 aromatic heterocycles. The van der Waals surface area contributed by atoms with E-state index in [2.05, 4.69) is 64.4 Å².